The molecule has 3 aromatic carbocycles. The van der Waals surface area contributed by atoms with Gasteiger partial charge in [0.25, 0.3) is 5.91 Å². The summed E-state index contributed by atoms with van der Waals surface area (Å²) in [6, 6.07) is 22.5. The Balaban J connectivity index is 1.42. The van der Waals surface area contributed by atoms with Crippen molar-refractivity contribution in [1.29, 1.82) is 0 Å². The van der Waals surface area contributed by atoms with Gasteiger partial charge >= 0.3 is 0 Å². The highest BCUT2D eigenvalue weighted by atomic mass is 35.5. The van der Waals surface area contributed by atoms with Crippen molar-refractivity contribution in [2.45, 2.75) is 13.0 Å². The number of benzene rings is 3. The molecule has 156 valence electrons. The highest BCUT2D eigenvalue weighted by Gasteiger charge is 2.14. The minimum atomic E-state index is -0.265. The number of para-hydroxylation sites is 1. The van der Waals surface area contributed by atoms with Crippen LogP contribution in [0.1, 0.15) is 26.4 Å². The quantitative estimate of drug-likeness (QED) is 0.321. The van der Waals surface area contributed by atoms with Crippen LogP contribution in [0.25, 0.3) is 0 Å². The zero-order valence-corrected chi connectivity index (χ0v) is 18.7. The predicted molar refractivity (Wildman–Crippen MR) is 127 cm³/mol. The largest absolute Gasteiger partial charge is 0.488 e. The first-order valence-corrected chi connectivity index (χ1v) is 11.1. The zero-order valence-electron chi connectivity index (χ0n) is 16.3. The normalized spacial score (nSPS) is 10.6. The number of hydrogen-bond donors (Lipinski definition) is 1. The number of amides is 1. The van der Waals surface area contributed by atoms with Crippen LogP contribution in [0.4, 0.5) is 5.13 Å². The number of thiazole rings is 1. The first-order valence-electron chi connectivity index (χ1n) is 9.54. The molecule has 4 aromatic rings. The van der Waals surface area contributed by atoms with Gasteiger partial charge in [0.05, 0.1) is 15.6 Å². The van der Waals surface area contributed by atoms with Crippen molar-refractivity contribution < 1.29 is 9.53 Å². The summed E-state index contributed by atoms with van der Waals surface area (Å²) in [6.45, 7) is 0.385. The Kier molecular flexibility index (Phi) is 6.87. The first-order chi connectivity index (χ1) is 15.1. The standard InChI is InChI=1S/C24H18Cl2N2O2S/c25-20-11-10-17(13-21(20)26)12-18-14-27-24(31-18)28-23(29)19-8-4-5-9-22(19)30-15-16-6-2-1-3-7-16/h1-11,13-14H,12,15H2,(H,27,28,29). The highest BCUT2D eigenvalue weighted by Crippen LogP contribution is 2.27. The number of hydrogen-bond acceptors (Lipinski definition) is 4. The van der Waals surface area contributed by atoms with Crippen LogP contribution >= 0.6 is 34.5 Å². The molecular weight excluding hydrogens is 451 g/mol. The molecule has 0 aliphatic heterocycles. The molecule has 0 saturated heterocycles. The second-order valence-electron chi connectivity index (χ2n) is 6.78. The summed E-state index contributed by atoms with van der Waals surface area (Å²) in [5.41, 5.74) is 2.51. The maximum absolute atomic E-state index is 12.8. The number of rotatable bonds is 7. The maximum atomic E-state index is 12.8. The van der Waals surface area contributed by atoms with Crippen molar-refractivity contribution in [2.24, 2.45) is 0 Å². The number of anilines is 1. The summed E-state index contributed by atoms with van der Waals surface area (Å²) in [7, 11) is 0. The smallest absolute Gasteiger partial charge is 0.261 e. The first kappa shape index (κ1) is 21.4. The van der Waals surface area contributed by atoms with Crippen LogP contribution in [0.3, 0.4) is 0 Å². The van der Waals surface area contributed by atoms with E-state index in [-0.39, 0.29) is 5.91 Å². The van der Waals surface area contributed by atoms with Crippen molar-refractivity contribution in [3.63, 3.8) is 0 Å². The summed E-state index contributed by atoms with van der Waals surface area (Å²) < 4.78 is 5.89. The molecule has 0 saturated carbocycles. The lowest BCUT2D eigenvalue weighted by Crippen LogP contribution is -2.13. The zero-order chi connectivity index (χ0) is 21.6. The van der Waals surface area contributed by atoms with Crippen molar-refractivity contribution in [2.75, 3.05) is 5.32 Å². The number of nitrogens with one attached hydrogen (secondary N) is 1. The van der Waals surface area contributed by atoms with Gasteiger partial charge in [-0.3, -0.25) is 10.1 Å². The Hall–Kier alpha value is -2.86. The van der Waals surface area contributed by atoms with Gasteiger partial charge in [0.1, 0.15) is 12.4 Å². The number of carbonyl (C=O) groups is 1. The summed E-state index contributed by atoms with van der Waals surface area (Å²) in [5, 5.41) is 4.43. The lowest BCUT2D eigenvalue weighted by Gasteiger charge is -2.11. The van der Waals surface area contributed by atoms with Crippen LogP contribution in [-0.4, -0.2) is 10.9 Å². The molecule has 1 heterocycles. The summed E-state index contributed by atoms with van der Waals surface area (Å²) >= 11 is 13.5. The fourth-order valence-corrected chi connectivity index (χ4v) is 4.14. The van der Waals surface area contributed by atoms with E-state index in [9.17, 15) is 4.79 Å². The van der Waals surface area contributed by atoms with Gasteiger partial charge in [-0.25, -0.2) is 4.98 Å². The topological polar surface area (TPSA) is 51.2 Å². The Morgan fingerprint density at radius 3 is 2.52 bits per heavy atom. The van der Waals surface area contributed by atoms with Crippen LogP contribution in [0, 0.1) is 0 Å². The van der Waals surface area contributed by atoms with Crippen molar-refractivity contribution >= 4 is 45.6 Å². The van der Waals surface area contributed by atoms with E-state index in [1.54, 1.807) is 24.4 Å². The lowest BCUT2D eigenvalue weighted by molar-refractivity contribution is 0.102. The molecule has 4 rings (SSSR count). The van der Waals surface area contributed by atoms with Crippen LogP contribution in [-0.2, 0) is 13.0 Å². The molecule has 0 spiro atoms. The molecule has 1 aromatic heterocycles. The second kappa shape index (κ2) is 9.96. The minimum absolute atomic E-state index is 0.265. The number of carbonyl (C=O) groups excluding carboxylic acids is 1. The van der Waals surface area contributed by atoms with E-state index in [1.807, 2.05) is 54.6 Å². The molecule has 7 heteroatoms. The number of halogens is 2. The molecule has 0 aliphatic carbocycles. The fourth-order valence-electron chi connectivity index (χ4n) is 2.98. The lowest BCUT2D eigenvalue weighted by atomic mass is 10.1. The van der Waals surface area contributed by atoms with E-state index in [4.69, 9.17) is 27.9 Å². The SMILES string of the molecule is O=C(Nc1ncc(Cc2ccc(Cl)c(Cl)c2)s1)c1ccccc1OCc1ccccc1. The summed E-state index contributed by atoms with van der Waals surface area (Å²) in [4.78, 5) is 18.2. The predicted octanol–water partition coefficient (Wildman–Crippen LogP) is 6.87. The Labute approximate surface area is 194 Å². The average Bonchev–Trinajstić information content (AvgIpc) is 3.22. The van der Waals surface area contributed by atoms with Gasteiger partial charge in [0.15, 0.2) is 5.13 Å². The van der Waals surface area contributed by atoms with Crippen LogP contribution in [0.5, 0.6) is 5.75 Å². The number of ether oxygens (including phenoxy) is 1. The van der Waals surface area contributed by atoms with Gasteiger partial charge in [-0.1, -0.05) is 71.7 Å². The van der Waals surface area contributed by atoms with Crippen LogP contribution < -0.4 is 10.1 Å². The number of nitrogens with zero attached hydrogens (tertiary/aromatic N) is 1. The molecule has 31 heavy (non-hydrogen) atoms. The molecular formula is C24H18Cl2N2O2S. The molecule has 0 atom stereocenters. The number of aromatic nitrogens is 1. The molecule has 1 amide bonds. The molecule has 0 aliphatic rings. The van der Waals surface area contributed by atoms with Gasteiger partial charge in [0.2, 0.25) is 0 Å². The van der Waals surface area contributed by atoms with Crippen LogP contribution in [0.15, 0.2) is 79.0 Å². The van der Waals surface area contributed by atoms with E-state index >= 15 is 0 Å². The average molecular weight is 469 g/mol. The van der Waals surface area contributed by atoms with Crippen LogP contribution in [0.2, 0.25) is 10.0 Å². The van der Waals surface area contributed by atoms with Gasteiger partial charge in [0, 0.05) is 17.5 Å². The minimum Gasteiger partial charge on any atom is -0.488 e. The Morgan fingerprint density at radius 1 is 0.935 bits per heavy atom. The third kappa shape index (κ3) is 5.64. The summed E-state index contributed by atoms with van der Waals surface area (Å²) in [5.74, 6) is 0.260. The van der Waals surface area contributed by atoms with E-state index < -0.39 is 0 Å². The highest BCUT2D eigenvalue weighted by molar-refractivity contribution is 7.15. The third-order valence-electron chi connectivity index (χ3n) is 4.51. The Bertz CT molecular complexity index is 1200. The van der Waals surface area contributed by atoms with Crippen molar-refractivity contribution in [3.8, 4) is 5.75 Å². The van der Waals surface area contributed by atoms with Gasteiger partial charge in [-0.05, 0) is 35.4 Å². The summed E-state index contributed by atoms with van der Waals surface area (Å²) in [6.07, 6.45) is 2.40. The van der Waals surface area contributed by atoms with E-state index in [2.05, 4.69) is 10.3 Å². The monoisotopic (exact) mass is 468 g/mol. The maximum Gasteiger partial charge on any atom is 0.261 e. The molecule has 0 bridgehead atoms. The molecule has 0 fully saturated rings. The van der Waals surface area contributed by atoms with Gasteiger partial charge in [-0.15, -0.1) is 11.3 Å². The fraction of sp³-hybridized carbons (Fsp3) is 0.0833. The molecule has 0 radical (unpaired) electrons. The molecule has 0 unspecified atom stereocenters. The van der Waals surface area contributed by atoms with E-state index in [1.165, 1.54) is 11.3 Å². The molecule has 1 N–H and O–H groups in total. The van der Waals surface area contributed by atoms with Crippen molar-refractivity contribution in [1.82, 2.24) is 4.98 Å². The Morgan fingerprint density at radius 2 is 1.71 bits per heavy atom. The molecule has 4 nitrogen and oxygen atoms in total. The van der Waals surface area contributed by atoms with Gasteiger partial charge < -0.3 is 4.74 Å². The van der Waals surface area contributed by atoms with Crippen molar-refractivity contribution in [3.05, 3.63) is 111 Å². The third-order valence-corrected chi connectivity index (χ3v) is 6.16. The second-order valence-corrected chi connectivity index (χ2v) is 8.71. The van der Waals surface area contributed by atoms with E-state index in [0.29, 0.717) is 39.5 Å². The van der Waals surface area contributed by atoms with Gasteiger partial charge in [-0.2, -0.15) is 0 Å². The van der Waals surface area contributed by atoms with E-state index in [0.717, 1.165) is 16.0 Å².